The van der Waals surface area contributed by atoms with Crippen LogP contribution < -0.4 is 10.2 Å². The van der Waals surface area contributed by atoms with Crippen LogP contribution in [-0.4, -0.2) is 28.0 Å². The monoisotopic (exact) mass is 329 g/mol. The third-order valence-electron chi connectivity index (χ3n) is 3.69. The predicted molar refractivity (Wildman–Crippen MR) is 96.0 cm³/mol. The SMILES string of the molecule is CCCc1cc(N(CC)CC)nc(Nc2ccc([N+](=O)[O-])cc2)n1. The summed E-state index contributed by atoms with van der Waals surface area (Å²) in [6.45, 7) is 8.04. The normalized spacial score (nSPS) is 10.5. The lowest BCUT2D eigenvalue weighted by Gasteiger charge is -2.21. The van der Waals surface area contributed by atoms with Crippen molar-refractivity contribution in [1.82, 2.24) is 9.97 Å². The second-order valence-electron chi connectivity index (χ2n) is 5.39. The van der Waals surface area contributed by atoms with Gasteiger partial charge in [0.1, 0.15) is 5.82 Å². The standard InChI is InChI=1S/C17H23N5O2/c1-4-7-14-12-16(21(5-2)6-3)20-17(19-14)18-13-8-10-15(11-9-13)22(23)24/h8-12H,4-7H2,1-3H3,(H,18,19,20). The van der Waals surface area contributed by atoms with Gasteiger partial charge in [0, 0.05) is 42.7 Å². The van der Waals surface area contributed by atoms with E-state index in [4.69, 9.17) is 0 Å². The number of nitrogens with zero attached hydrogens (tertiary/aromatic N) is 4. The smallest absolute Gasteiger partial charge is 0.269 e. The van der Waals surface area contributed by atoms with E-state index in [-0.39, 0.29) is 5.69 Å². The highest BCUT2D eigenvalue weighted by molar-refractivity contribution is 5.57. The Morgan fingerprint density at radius 3 is 2.33 bits per heavy atom. The number of aryl methyl sites for hydroxylation is 1. The van der Waals surface area contributed by atoms with E-state index in [0.29, 0.717) is 5.95 Å². The van der Waals surface area contributed by atoms with Crippen LogP contribution >= 0.6 is 0 Å². The number of hydrogen-bond acceptors (Lipinski definition) is 6. The fraction of sp³-hybridized carbons (Fsp3) is 0.412. The van der Waals surface area contributed by atoms with Gasteiger partial charge in [0.15, 0.2) is 0 Å². The molecule has 0 radical (unpaired) electrons. The van der Waals surface area contributed by atoms with E-state index in [1.54, 1.807) is 12.1 Å². The average Bonchev–Trinajstić information content (AvgIpc) is 2.56. The van der Waals surface area contributed by atoms with Gasteiger partial charge >= 0.3 is 0 Å². The van der Waals surface area contributed by atoms with Crippen molar-refractivity contribution in [3.8, 4) is 0 Å². The largest absolute Gasteiger partial charge is 0.357 e. The minimum atomic E-state index is -0.416. The van der Waals surface area contributed by atoms with Crippen molar-refractivity contribution >= 4 is 23.1 Å². The van der Waals surface area contributed by atoms with Gasteiger partial charge in [0.05, 0.1) is 4.92 Å². The van der Waals surface area contributed by atoms with E-state index < -0.39 is 4.92 Å². The van der Waals surface area contributed by atoms with Gasteiger partial charge < -0.3 is 10.2 Å². The molecule has 2 aromatic rings. The summed E-state index contributed by atoms with van der Waals surface area (Å²) in [7, 11) is 0. The molecule has 128 valence electrons. The summed E-state index contributed by atoms with van der Waals surface area (Å²) in [4.78, 5) is 21.6. The molecule has 0 spiro atoms. The van der Waals surface area contributed by atoms with Crippen molar-refractivity contribution in [1.29, 1.82) is 0 Å². The molecule has 1 aromatic carbocycles. The second kappa shape index (κ2) is 8.24. The Hall–Kier alpha value is -2.70. The Kier molecular flexibility index (Phi) is 6.06. The van der Waals surface area contributed by atoms with E-state index in [2.05, 4.69) is 41.0 Å². The van der Waals surface area contributed by atoms with Gasteiger partial charge in [-0.05, 0) is 32.4 Å². The van der Waals surface area contributed by atoms with Crippen LogP contribution in [0.15, 0.2) is 30.3 Å². The number of nitrogens with one attached hydrogen (secondary N) is 1. The van der Waals surface area contributed by atoms with Gasteiger partial charge in [-0.15, -0.1) is 0 Å². The first-order valence-corrected chi connectivity index (χ1v) is 8.21. The summed E-state index contributed by atoms with van der Waals surface area (Å²) in [5.74, 6) is 1.40. The van der Waals surface area contributed by atoms with Crippen LogP contribution in [0.5, 0.6) is 0 Å². The molecule has 7 heteroatoms. The maximum Gasteiger partial charge on any atom is 0.269 e. The third-order valence-corrected chi connectivity index (χ3v) is 3.69. The van der Waals surface area contributed by atoms with Crippen molar-refractivity contribution in [3.63, 3.8) is 0 Å². The van der Waals surface area contributed by atoms with Crippen molar-refractivity contribution in [2.45, 2.75) is 33.6 Å². The van der Waals surface area contributed by atoms with E-state index in [1.807, 2.05) is 6.07 Å². The maximum absolute atomic E-state index is 10.7. The van der Waals surface area contributed by atoms with Crippen LogP contribution in [0.1, 0.15) is 32.9 Å². The molecule has 1 heterocycles. The molecule has 0 aliphatic heterocycles. The topological polar surface area (TPSA) is 84.2 Å². The van der Waals surface area contributed by atoms with E-state index in [0.717, 1.165) is 43.1 Å². The van der Waals surface area contributed by atoms with E-state index >= 15 is 0 Å². The van der Waals surface area contributed by atoms with Crippen molar-refractivity contribution in [2.75, 3.05) is 23.3 Å². The summed E-state index contributed by atoms with van der Waals surface area (Å²) in [5.41, 5.74) is 1.77. The molecule has 0 unspecified atom stereocenters. The van der Waals surface area contributed by atoms with Crippen molar-refractivity contribution < 1.29 is 4.92 Å². The molecule has 1 N–H and O–H groups in total. The number of rotatable bonds is 8. The molecule has 0 fully saturated rings. The van der Waals surface area contributed by atoms with Crippen LogP contribution in [0.2, 0.25) is 0 Å². The van der Waals surface area contributed by atoms with Gasteiger partial charge in [-0.3, -0.25) is 10.1 Å². The van der Waals surface area contributed by atoms with Crippen LogP contribution in [-0.2, 0) is 6.42 Å². The molecule has 0 amide bonds. The Balaban J connectivity index is 2.28. The molecule has 1 aromatic heterocycles. The first-order valence-electron chi connectivity index (χ1n) is 8.21. The Labute approximate surface area is 141 Å². The van der Waals surface area contributed by atoms with Crippen LogP contribution in [0, 0.1) is 10.1 Å². The molecule has 0 bridgehead atoms. The first kappa shape index (κ1) is 17.7. The number of nitro groups is 1. The molecule has 0 aliphatic carbocycles. The fourth-order valence-corrected chi connectivity index (χ4v) is 2.43. The zero-order chi connectivity index (χ0) is 17.5. The molecule has 24 heavy (non-hydrogen) atoms. The number of nitro benzene ring substituents is 1. The maximum atomic E-state index is 10.7. The molecule has 2 rings (SSSR count). The second-order valence-corrected chi connectivity index (χ2v) is 5.39. The predicted octanol–water partition coefficient (Wildman–Crippen LogP) is 3.93. The third kappa shape index (κ3) is 4.41. The molecule has 7 nitrogen and oxygen atoms in total. The Morgan fingerprint density at radius 2 is 1.79 bits per heavy atom. The highest BCUT2D eigenvalue weighted by Crippen LogP contribution is 2.21. The number of hydrogen-bond donors (Lipinski definition) is 1. The van der Waals surface area contributed by atoms with Crippen molar-refractivity contribution in [3.05, 3.63) is 46.1 Å². The summed E-state index contributed by atoms with van der Waals surface area (Å²) in [6, 6.07) is 8.26. The molecule has 0 saturated heterocycles. The highest BCUT2D eigenvalue weighted by Gasteiger charge is 2.10. The number of benzene rings is 1. The summed E-state index contributed by atoms with van der Waals surface area (Å²) in [5, 5.41) is 13.9. The lowest BCUT2D eigenvalue weighted by atomic mass is 10.2. The van der Waals surface area contributed by atoms with Gasteiger partial charge in [-0.2, -0.15) is 4.98 Å². The van der Waals surface area contributed by atoms with Gasteiger partial charge in [-0.1, -0.05) is 13.3 Å². The molecule has 0 saturated carbocycles. The summed E-state index contributed by atoms with van der Waals surface area (Å²) in [6.07, 6.45) is 1.89. The zero-order valence-electron chi connectivity index (χ0n) is 14.3. The lowest BCUT2D eigenvalue weighted by Crippen LogP contribution is -2.23. The number of aromatic nitrogens is 2. The summed E-state index contributed by atoms with van der Waals surface area (Å²) >= 11 is 0. The lowest BCUT2D eigenvalue weighted by molar-refractivity contribution is -0.384. The molecular formula is C17H23N5O2. The minimum Gasteiger partial charge on any atom is -0.357 e. The van der Waals surface area contributed by atoms with E-state index in [9.17, 15) is 10.1 Å². The average molecular weight is 329 g/mol. The zero-order valence-corrected chi connectivity index (χ0v) is 14.3. The Bertz CT molecular complexity index is 684. The van der Waals surface area contributed by atoms with Crippen molar-refractivity contribution in [2.24, 2.45) is 0 Å². The Morgan fingerprint density at radius 1 is 1.12 bits per heavy atom. The van der Waals surface area contributed by atoms with Gasteiger partial charge in [0.2, 0.25) is 5.95 Å². The quantitative estimate of drug-likeness (QED) is 0.583. The van der Waals surface area contributed by atoms with Gasteiger partial charge in [-0.25, -0.2) is 4.98 Å². The molecular weight excluding hydrogens is 306 g/mol. The fourth-order valence-electron chi connectivity index (χ4n) is 2.43. The first-order chi connectivity index (χ1) is 11.6. The van der Waals surface area contributed by atoms with Gasteiger partial charge in [0.25, 0.3) is 5.69 Å². The van der Waals surface area contributed by atoms with Crippen LogP contribution in [0.4, 0.5) is 23.1 Å². The van der Waals surface area contributed by atoms with E-state index in [1.165, 1.54) is 12.1 Å². The van der Waals surface area contributed by atoms with Crippen LogP contribution in [0.3, 0.4) is 0 Å². The highest BCUT2D eigenvalue weighted by atomic mass is 16.6. The molecule has 0 atom stereocenters. The summed E-state index contributed by atoms with van der Waals surface area (Å²) < 4.78 is 0. The van der Waals surface area contributed by atoms with Crippen LogP contribution in [0.25, 0.3) is 0 Å². The molecule has 0 aliphatic rings. The number of non-ortho nitro benzene ring substituents is 1. The number of anilines is 3. The minimum absolute atomic E-state index is 0.0602.